The maximum absolute atomic E-state index is 14.1. The Labute approximate surface area is 124 Å². The molecule has 7 heteroatoms. The third-order valence-corrected chi connectivity index (χ3v) is 3.69. The molecule has 2 rings (SSSR count). The summed E-state index contributed by atoms with van der Waals surface area (Å²) in [5.41, 5.74) is 1.13. The average Bonchev–Trinajstić information content (AvgIpc) is 2.68. The van der Waals surface area contributed by atoms with Crippen LogP contribution >= 0.6 is 27.5 Å². The fourth-order valence-electron chi connectivity index (χ4n) is 1.97. The molecule has 1 heterocycles. The second-order valence-corrected chi connectivity index (χ2v) is 5.17. The number of benzene rings is 1. The molecular formula is C12H13BrClFN4. The Morgan fingerprint density at radius 2 is 2.26 bits per heavy atom. The quantitative estimate of drug-likeness (QED) is 0.924. The van der Waals surface area contributed by atoms with Gasteiger partial charge in [-0.1, -0.05) is 29.8 Å². The summed E-state index contributed by atoms with van der Waals surface area (Å²) < 4.78 is 16.3. The Bertz CT molecular complexity index is 547. The summed E-state index contributed by atoms with van der Waals surface area (Å²) in [6.45, 7) is 2.60. The molecule has 0 amide bonds. The standard InChI is InChI=1S/C12H13BrClFN4/c1-3-16-10(11-12(13)17-18-19(11)2)9-7(14)5-4-6-8(9)15/h4-6,10,16H,3H2,1-2H3. The molecule has 0 aliphatic rings. The zero-order valence-electron chi connectivity index (χ0n) is 10.5. The lowest BCUT2D eigenvalue weighted by Gasteiger charge is -2.20. The van der Waals surface area contributed by atoms with Crippen molar-refractivity contribution in [2.24, 2.45) is 7.05 Å². The van der Waals surface area contributed by atoms with Gasteiger partial charge in [0.2, 0.25) is 0 Å². The van der Waals surface area contributed by atoms with Gasteiger partial charge < -0.3 is 5.32 Å². The highest BCUT2D eigenvalue weighted by molar-refractivity contribution is 9.10. The average molecular weight is 348 g/mol. The topological polar surface area (TPSA) is 42.7 Å². The van der Waals surface area contributed by atoms with E-state index in [1.165, 1.54) is 6.07 Å². The fourth-order valence-corrected chi connectivity index (χ4v) is 2.80. The summed E-state index contributed by atoms with van der Waals surface area (Å²) in [5.74, 6) is -0.355. The predicted octanol–water partition coefficient (Wildman–Crippen LogP) is 3.07. The number of aryl methyl sites for hydroxylation is 1. The Kier molecular flexibility index (Phi) is 4.54. The summed E-state index contributed by atoms with van der Waals surface area (Å²) in [6, 6.07) is 4.24. The van der Waals surface area contributed by atoms with Gasteiger partial charge in [0.15, 0.2) is 4.60 Å². The van der Waals surface area contributed by atoms with E-state index in [4.69, 9.17) is 11.6 Å². The van der Waals surface area contributed by atoms with Crippen molar-refractivity contribution in [3.63, 3.8) is 0 Å². The number of halogens is 3. The van der Waals surface area contributed by atoms with Crippen LogP contribution in [0.5, 0.6) is 0 Å². The van der Waals surface area contributed by atoms with E-state index in [-0.39, 0.29) is 5.82 Å². The molecule has 102 valence electrons. The van der Waals surface area contributed by atoms with Gasteiger partial charge in [-0.25, -0.2) is 9.07 Å². The van der Waals surface area contributed by atoms with Crippen LogP contribution in [-0.2, 0) is 7.05 Å². The van der Waals surface area contributed by atoms with Crippen LogP contribution in [0.3, 0.4) is 0 Å². The molecule has 0 aliphatic heterocycles. The highest BCUT2D eigenvalue weighted by atomic mass is 79.9. The molecule has 0 bridgehead atoms. The summed E-state index contributed by atoms with van der Waals surface area (Å²) in [5, 5.41) is 11.4. The summed E-state index contributed by atoms with van der Waals surface area (Å²) in [7, 11) is 1.76. The zero-order chi connectivity index (χ0) is 14.0. The monoisotopic (exact) mass is 346 g/mol. The van der Waals surface area contributed by atoms with Crippen LogP contribution in [0.1, 0.15) is 24.2 Å². The molecule has 0 radical (unpaired) electrons. The number of rotatable bonds is 4. The van der Waals surface area contributed by atoms with Crippen molar-refractivity contribution in [1.29, 1.82) is 0 Å². The Hall–Kier alpha value is -0.980. The van der Waals surface area contributed by atoms with Gasteiger partial charge in [-0.3, -0.25) is 0 Å². The zero-order valence-corrected chi connectivity index (χ0v) is 12.8. The molecule has 4 nitrogen and oxygen atoms in total. The van der Waals surface area contributed by atoms with Gasteiger partial charge in [0.25, 0.3) is 0 Å². The molecule has 19 heavy (non-hydrogen) atoms. The van der Waals surface area contributed by atoms with Gasteiger partial charge in [0, 0.05) is 17.6 Å². The first-order valence-electron chi connectivity index (χ1n) is 5.78. The fraction of sp³-hybridized carbons (Fsp3) is 0.333. The van der Waals surface area contributed by atoms with Crippen LogP contribution in [0, 0.1) is 5.82 Å². The van der Waals surface area contributed by atoms with Gasteiger partial charge in [-0.2, -0.15) is 0 Å². The number of hydrogen-bond donors (Lipinski definition) is 1. The second-order valence-electron chi connectivity index (χ2n) is 4.02. The van der Waals surface area contributed by atoms with Crippen molar-refractivity contribution in [3.8, 4) is 0 Å². The second kappa shape index (κ2) is 5.98. The lowest BCUT2D eigenvalue weighted by atomic mass is 10.0. The van der Waals surface area contributed by atoms with Crippen LogP contribution in [0.15, 0.2) is 22.8 Å². The van der Waals surface area contributed by atoms with Crippen molar-refractivity contribution in [2.45, 2.75) is 13.0 Å². The maximum atomic E-state index is 14.1. The third-order valence-electron chi connectivity index (χ3n) is 2.80. The number of nitrogens with one attached hydrogen (secondary N) is 1. The van der Waals surface area contributed by atoms with Gasteiger partial charge in [-0.05, 0) is 34.6 Å². The van der Waals surface area contributed by atoms with E-state index in [2.05, 4.69) is 31.6 Å². The first-order chi connectivity index (χ1) is 9.06. The normalized spacial score (nSPS) is 12.7. The summed E-state index contributed by atoms with van der Waals surface area (Å²) >= 11 is 9.47. The molecule has 1 aromatic carbocycles. The van der Waals surface area contributed by atoms with E-state index >= 15 is 0 Å². The molecule has 0 saturated heterocycles. The minimum Gasteiger partial charge on any atom is -0.305 e. The van der Waals surface area contributed by atoms with Crippen LogP contribution in [0.25, 0.3) is 0 Å². The number of aromatic nitrogens is 3. The van der Waals surface area contributed by atoms with Crippen molar-refractivity contribution in [1.82, 2.24) is 20.3 Å². The lowest BCUT2D eigenvalue weighted by molar-refractivity contribution is 0.529. The molecule has 0 fully saturated rings. The van der Waals surface area contributed by atoms with E-state index in [1.807, 2.05) is 6.92 Å². The first kappa shape index (κ1) is 14.4. The number of hydrogen-bond acceptors (Lipinski definition) is 3. The summed E-state index contributed by atoms with van der Waals surface area (Å²) in [6.07, 6.45) is 0. The predicted molar refractivity (Wildman–Crippen MR) is 75.6 cm³/mol. The van der Waals surface area contributed by atoms with E-state index in [0.717, 1.165) is 5.69 Å². The third kappa shape index (κ3) is 2.80. The van der Waals surface area contributed by atoms with Gasteiger partial charge >= 0.3 is 0 Å². The molecule has 1 atom stereocenters. The van der Waals surface area contributed by atoms with Crippen LogP contribution < -0.4 is 5.32 Å². The molecular weight excluding hydrogens is 335 g/mol. The van der Waals surface area contributed by atoms with E-state index in [1.54, 1.807) is 23.9 Å². The van der Waals surface area contributed by atoms with E-state index in [0.29, 0.717) is 21.7 Å². The Morgan fingerprint density at radius 3 is 2.79 bits per heavy atom. The van der Waals surface area contributed by atoms with E-state index < -0.39 is 6.04 Å². The molecule has 0 saturated carbocycles. The van der Waals surface area contributed by atoms with Crippen LogP contribution in [0.4, 0.5) is 4.39 Å². The van der Waals surface area contributed by atoms with Crippen molar-refractivity contribution < 1.29 is 4.39 Å². The molecule has 0 aliphatic carbocycles. The lowest BCUT2D eigenvalue weighted by Crippen LogP contribution is -2.26. The van der Waals surface area contributed by atoms with Gasteiger partial charge in [0.05, 0.1) is 11.7 Å². The molecule has 1 unspecified atom stereocenters. The van der Waals surface area contributed by atoms with Crippen LogP contribution in [-0.4, -0.2) is 21.5 Å². The largest absolute Gasteiger partial charge is 0.305 e. The summed E-state index contributed by atoms with van der Waals surface area (Å²) in [4.78, 5) is 0. The molecule has 1 N–H and O–H groups in total. The SMILES string of the molecule is CCNC(c1c(F)cccc1Cl)c1c(Br)nnn1C. The maximum Gasteiger partial charge on any atom is 0.153 e. The number of nitrogens with zero attached hydrogens (tertiary/aromatic N) is 3. The molecule has 0 spiro atoms. The first-order valence-corrected chi connectivity index (χ1v) is 6.95. The van der Waals surface area contributed by atoms with Crippen molar-refractivity contribution in [2.75, 3.05) is 6.54 Å². The minimum absolute atomic E-state index is 0.355. The molecule has 1 aromatic heterocycles. The highest BCUT2D eigenvalue weighted by Crippen LogP contribution is 2.32. The highest BCUT2D eigenvalue weighted by Gasteiger charge is 2.25. The van der Waals surface area contributed by atoms with Crippen LogP contribution in [0.2, 0.25) is 5.02 Å². The Balaban J connectivity index is 2.58. The Morgan fingerprint density at radius 1 is 1.53 bits per heavy atom. The van der Waals surface area contributed by atoms with Crippen molar-refractivity contribution >= 4 is 27.5 Å². The smallest absolute Gasteiger partial charge is 0.153 e. The van der Waals surface area contributed by atoms with Gasteiger partial charge in [0.1, 0.15) is 5.82 Å². The molecule has 2 aromatic rings. The minimum atomic E-state index is -0.409. The van der Waals surface area contributed by atoms with E-state index in [9.17, 15) is 4.39 Å². The van der Waals surface area contributed by atoms with Crippen molar-refractivity contribution in [3.05, 3.63) is 44.9 Å². The van der Waals surface area contributed by atoms with Gasteiger partial charge in [-0.15, -0.1) is 5.10 Å².